The van der Waals surface area contributed by atoms with Gasteiger partial charge in [-0.3, -0.25) is 0 Å². The first-order valence-electron chi connectivity index (χ1n) is 7.84. The van der Waals surface area contributed by atoms with E-state index in [1.807, 2.05) is 18.2 Å². The van der Waals surface area contributed by atoms with Crippen molar-refractivity contribution in [1.82, 2.24) is 10.5 Å². The highest BCUT2D eigenvalue weighted by Gasteiger charge is 2.16. The molecule has 1 unspecified atom stereocenters. The van der Waals surface area contributed by atoms with Crippen LogP contribution in [0.25, 0.3) is 11.0 Å². The Morgan fingerprint density at radius 3 is 2.82 bits per heavy atom. The molecule has 0 spiro atoms. The largest absolute Gasteiger partial charge is 0.490 e. The topological polar surface area (TPSA) is 67.5 Å². The zero-order valence-corrected chi connectivity index (χ0v) is 13.8. The third-order valence-electron chi connectivity index (χ3n) is 3.32. The van der Waals surface area contributed by atoms with Gasteiger partial charge in [-0.15, -0.1) is 0 Å². The van der Waals surface area contributed by atoms with Crippen molar-refractivity contribution in [3.05, 3.63) is 23.9 Å². The van der Waals surface area contributed by atoms with Gasteiger partial charge in [-0.25, -0.2) is 0 Å². The van der Waals surface area contributed by atoms with Crippen LogP contribution < -0.4 is 10.1 Å². The summed E-state index contributed by atoms with van der Waals surface area (Å²) in [7, 11) is 0. The van der Waals surface area contributed by atoms with Crippen molar-refractivity contribution < 1.29 is 14.4 Å². The number of nitrogens with zero attached hydrogens (tertiary/aromatic N) is 1. The number of aliphatic hydroxyl groups excluding tert-OH is 1. The van der Waals surface area contributed by atoms with E-state index in [4.69, 9.17) is 9.26 Å². The maximum atomic E-state index is 10.0. The van der Waals surface area contributed by atoms with Crippen LogP contribution in [0.5, 0.6) is 5.75 Å². The fraction of sp³-hybridized carbons (Fsp3) is 0.588. The Balaban J connectivity index is 2.03. The minimum absolute atomic E-state index is 0.0240. The Bertz CT molecular complexity index is 601. The first kappa shape index (κ1) is 16.8. The van der Waals surface area contributed by atoms with Gasteiger partial charge in [0, 0.05) is 12.1 Å². The average molecular weight is 306 g/mol. The van der Waals surface area contributed by atoms with Crippen LogP contribution in [0.3, 0.4) is 0 Å². The molecule has 0 bridgehead atoms. The van der Waals surface area contributed by atoms with E-state index in [9.17, 15) is 5.11 Å². The summed E-state index contributed by atoms with van der Waals surface area (Å²) >= 11 is 0. The van der Waals surface area contributed by atoms with Gasteiger partial charge in [0.1, 0.15) is 18.5 Å². The Labute approximate surface area is 131 Å². The van der Waals surface area contributed by atoms with E-state index in [0.717, 1.165) is 35.3 Å². The van der Waals surface area contributed by atoms with Crippen molar-refractivity contribution in [3.8, 4) is 5.75 Å². The zero-order valence-electron chi connectivity index (χ0n) is 13.8. The van der Waals surface area contributed by atoms with E-state index in [1.54, 1.807) is 0 Å². The number of benzene rings is 1. The third-order valence-corrected chi connectivity index (χ3v) is 3.32. The summed E-state index contributed by atoms with van der Waals surface area (Å²) in [4.78, 5) is 0. The van der Waals surface area contributed by atoms with E-state index >= 15 is 0 Å². The predicted molar refractivity (Wildman–Crippen MR) is 87.3 cm³/mol. The van der Waals surface area contributed by atoms with E-state index in [-0.39, 0.29) is 12.1 Å². The second kappa shape index (κ2) is 7.11. The van der Waals surface area contributed by atoms with Gasteiger partial charge >= 0.3 is 0 Å². The Hall–Kier alpha value is -1.59. The van der Waals surface area contributed by atoms with Crippen molar-refractivity contribution in [2.45, 2.75) is 52.2 Å². The van der Waals surface area contributed by atoms with Crippen LogP contribution in [0.15, 0.2) is 22.7 Å². The van der Waals surface area contributed by atoms with Gasteiger partial charge < -0.3 is 19.7 Å². The highest BCUT2D eigenvalue weighted by atomic mass is 16.5. The number of rotatable bonds is 7. The summed E-state index contributed by atoms with van der Waals surface area (Å²) in [5.41, 5.74) is 1.61. The second-order valence-electron chi connectivity index (χ2n) is 6.60. The lowest BCUT2D eigenvalue weighted by Crippen LogP contribution is -2.42. The smallest absolute Gasteiger partial charge is 0.170 e. The fourth-order valence-electron chi connectivity index (χ4n) is 2.22. The molecule has 0 aliphatic rings. The van der Waals surface area contributed by atoms with Crippen molar-refractivity contribution in [3.63, 3.8) is 0 Å². The number of fused-ring (bicyclic) bond motifs is 1. The number of aliphatic hydroxyl groups is 1. The molecule has 2 N–H and O–H groups in total. The molecule has 5 heteroatoms. The molecule has 1 aromatic heterocycles. The van der Waals surface area contributed by atoms with Crippen molar-refractivity contribution in [2.24, 2.45) is 0 Å². The molecule has 1 aromatic carbocycles. The Morgan fingerprint density at radius 2 is 2.14 bits per heavy atom. The minimum atomic E-state index is -0.566. The second-order valence-corrected chi connectivity index (χ2v) is 6.60. The van der Waals surface area contributed by atoms with E-state index in [1.165, 1.54) is 0 Å². The van der Waals surface area contributed by atoms with Crippen LogP contribution >= 0.6 is 0 Å². The molecular weight excluding hydrogens is 280 g/mol. The molecule has 0 radical (unpaired) electrons. The summed E-state index contributed by atoms with van der Waals surface area (Å²) in [6.45, 7) is 9.02. The molecule has 0 saturated heterocycles. The molecule has 2 aromatic rings. The van der Waals surface area contributed by atoms with Gasteiger partial charge in [-0.1, -0.05) is 24.6 Å². The maximum Gasteiger partial charge on any atom is 0.170 e. The molecule has 1 heterocycles. The van der Waals surface area contributed by atoms with E-state index in [0.29, 0.717) is 6.54 Å². The molecule has 0 fully saturated rings. The van der Waals surface area contributed by atoms with Gasteiger partial charge in [0.05, 0.1) is 11.1 Å². The molecule has 1 atom stereocenters. The predicted octanol–water partition coefficient (Wildman–Crippen LogP) is 2.91. The number of ether oxygens (including phenoxy) is 1. The van der Waals surface area contributed by atoms with Gasteiger partial charge in [0.15, 0.2) is 5.58 Å². The lowest BCUT2D eigenvalue weighted by atomic mass is 10.1. The van der Waals surface area contributed by atoms with Crippen molar-refractivity contribution in [1.29, 1.82) is 0 Å². The lowest BCUT2D eigenvalue weighted by Gasteiger charge is -2.23. The molecule has 0 amide bonds. The Morgan fingerprint density at radius 1 is 1.36 bits per heavy atom. The summed E-state index contributed by atoms with van der Waals surface area (Å²) in [6.07, 6.45) is 1.28. The summed E-state index contributed by atoms with van der Waals surface area (Å²) in [5, 5.41) is 18.3. The molecule has 0 saturated carbocycles. The van der Waals surface area contributed by atoms with Crippen LogP contribution in [0, 0.1) is 0 Å². The van der Waals surface area contributed by atoms with Crippen LogP contribution in [0.4, 0.5) is 0 Å². The normalized spacial score (nSPS) is 13.5. The van der Waals surface area contributed by atoms with Gasteiger partial charge in [0.2, 0.25) is 0 Å². The van der Waals surface area contributed by atoms with Crippen LogP contribution in [0.1, 0.15) is 39.8 Å². The summed E-state index contributed by atoms with van der Waals surface area (Å²) in [5.74, 6) is 0.719. The Kier molecular flexibility index (Phi) is 5.42. The van der Waals surface area contributed by atoms with E-state index < -0.39 is 6.10 Å². The molecule has 0 aliphatic heterocycles. The molecule has 122 valence electrons. The molecule has 2 rings (SSSR count). The van der Waals surface area contributed by atoms with Crippen LogP contribution in [-0.2, 0) is 6.42 Å². The van der Waals surface area contributed by atoms with E-state index in [2.05, 4.69) is 38.2 Å². The quantitative estimate of drug-likeness (QED) is 0.823. The first-order chi connectivity index (χ1) is 10.4. The SMILES string of the molecule is CCCc1noc2cccc(OCC(O)CNC(C)(C)C)c12. The van der Waals surface area contributed by atoms with Gasteiger partial charge in [-0.05, 0) is 39.3 Å². The maximum absolute atomic E-state index is 10.0. The lowest BCUT2D eigenvalue weighted by molar-refractivity contribution is 0.101. The van der Waals surface area contributed by atoms with Gasteiger partial charge in [-0.2, -0.15) is 0 Å². The van der Waals surface area contributed by atoms with Gasteiger partial charge in [0.25, 0.3) is 0 Å². The monoisotopic (exact) mass is 306 g/mol. The highest BCUT2D eigenvalue weighted by Crippen LogP contribution is 2.29. The number of hydrogen-bond acceptors (Lipinski definition) is 5. The number of β-amino-alcohol motifs (C(OH)–C–C–N with tert-alkyl or cyclic N) is 1. The van der Waals surface area contributed by atoms with Crippen LogP contribution in [0.2, 0.25) is 0 Å². The number of aromatic nitrogens is 1. The third kappa shape index (κ3) is 4.45. The van der Waals surface area contributed by atoms with Crippen molar-refractivity contribution in [2.75, 3.05) is 13.2 Å². The zero-order chi connectivity index (χ0) is 16.2. The first-order valence-corrected chi connectivity index (χ1v) is 7.84. The highest BCUT2D eigenvalue weighted by molar-refractivity contribution is 5.86. The standard InChI is InChI=1S/C17H26N2O3/c1-5-7-13-16-14(8-6-9-15(16)22-19-13)21-11-12(20)10-18-17(2,3)4/h6,8-9,12,18,20H,5,7,10-11H2,1-4H3. The van der Waals surface area contributed by atoms with Crippen LogP contribution in [-0.4, -0.2) is 35.1 Å². The number of hydrogen-bond donors (Lipinski definition) is 2. The molecule has 22 heavy (non-hydrogen) atoms. The minimum Gasteiger partial charge on any atom is -0.490 e. The molecule has 5 nitrogen and oxygen atoms in total. The number of aryl methyl sites for hydroxylation is 1. The molecular formula is C17H26N2O3. The fourth-order valence-corrected chi connectivity index (χ4v) is 2.22. The molecule has 0 aliphatic carbocycles. The number of nitrogens with one attached hydrogen (secondary N) is 1. The average Bonchev–Trinajstić information content (AvgIpc) is 2.86. The summed E-state index contributed by atoms with van der Waals surface area (Å²) in [6, 6.07) is 5.65. The van der Waals surface area contributed by atoms with Crippen molar-refractivity contribution >= 4 is 11.0 Å². The summed E-state index contributed by atoms with van der Waals surface area (Å²) < 4.78 is 11.1.